The number of H-pyrrole nitrogens is 1. The van der Waals surface area contributed by atoms with Crippen molar-refractivity contribution in [1.82, 2.24) is 4.98 Å². The van der Waals surface area contributed by atoms with Crippen LogP contribution in [0.3, 0.4) is 0 Å². The van der Waals surface area contributed by atoms with Crippen molar-refractivity contribution in [1.29, 1.82) is 0 Å². The predicted octanol–water partition coefficient (Wildman–Crippen LogP) is 2.68. The van der Waals surface area contributed by atoms with E-state index in [1.54, 1.807) is 0 Å². The molecule has 0 unspecified atom stereocenters. The third-order valence-electron chi connectivity index (χ3n) is 2.17. The highest BCUT2D eigenvalue weighted by Crippen LogP contribution is 2.34. The minimum Gasteiger partial charge on any atom is -0.507 e. The molecule has 0 aliphatic carbocycles. The van der Waals surface area contributed by atoms with Gasteiger partial charge in [-0.25, -0.2) is 8.78 Å². The van der Waals surface area contributed by atoms with E-state index in [2.05, 4.69) is 4.98 Å². The van der Waals surface area contributed by atoms with Crippen molar-refractivity contribution < 1.29 is 13.9 Å². The van der Waals surface area contributed by atoms with Gasteiger partial charge < -0.3 is 10.1 Å². The van der Waals surface area contributed by atoms with Crippen molar-refractivity contribution in [2.75, 3.05) is 0 Å². The number of hydrogen-bond donors (Lipinski definition) is 2. The fraction of sp³-hybridized carbons (Fsp3) is 0. The molecule has 88 valence electrons. The molecule has 2 N–H and O–H groups in total. The molecule has 1 aromatic carbocycles. The molecule has 0 radical (unpaired) electrons. The smallest absolute Gasteiger partial charge is 0.252 e. The predicted molar refractivity (Wildman–Crippen MR) is 59.1 cm³/mol. The number of hydrogen-bond acceptors (Lipinski definition) is 2. The molecule has 2 rings (SSSR count). The first-order chi connectivity index (χ1) is 7.99. The van der Waals surface area contributed by atoms with E-state index in [1.165, 1.54) is 0 Å². The summed E-state index contributed by atoms with van der Waals surface area (Å²) in [6.07, 6.45) is 0. The summed E-state index contributed by atoms with van der Waals surface area (Å²) in [4.78, 5) is 13.2. The van der Waals surface area contributed by atoms with Gasteiger partial charge in [0.25, 0.3) is 5.56 Å². The molecule has 0 aliphatic heterocycles. The Morgan fingerprint density at radius 2 is 1.94 bits per heavy atom. The molecule has 0 atom stereocenters. The quantitative estimate of drug-likeness (QED) is 0.772. The Morgan fingerprint density at radius 1 is 1.24 bits per heavy atom. The lowest BCUT2D eigenvalue weighted by molar-refractivity contribution is 0.475. The lowest BCUT2D eigenvalue weighted by Gasteiger charge is -2.07. The standard InChI is InChI=1S/C11H6ClF2NO2/c12-11-10(8(16)4-9(17)15-11)6-3-5(13)1-2-7(6)14/h1-4H,(H2,15,16,17). The van der Waals surface area contributed by atoms with E-state index < -0.39 is 22.9 Å². The van der Waals surface area contributed by atoms with Crippen LogP contribution in [0.4, 0.5) is 8.78 Å². The van der Waals surface area contributed by atoms with Gasteiger partial charge >= 0.3 is 0 Å². The van der Waals surface area contributed by atoms with E-state index in [0.717, 1.165) is 24.3 Å². The van der Waals surface area contributed by atoms with Gasteiger partial charge in [0.1, 0.15) is 22.5 Å². The van der Waals surface area contributed by atoms with Crippen LogP contribution < -0.4 is 5.56 Å². The van der Waals surface area contributed by atoms with Crippen LogP contribution >= 0.6 is 11.6 Å². The fourth-order valence-corrected chi connectivity index (χ4v) is 1.75. The minimum atomic E-state index is -0.754. The zero-order chi connectivity index (χ0) is 12.6. The third kappa shape index (κ3) is 2.14. The largest absolute Gasteiger partial charge is 0.507 e. The Hall–Kier alpha value is -1.88. The third-order valence-corrected chi connectivity index (χ3v) is 2.46. The van der Waals surface area contributed by atoms with Gasteiger partial charge in [-0.15, -0.1) is 0 Å². The SMILES string of the molecule is O=c1cc(O)c(-c2cc(F)ccc2F)c(Cl)[nH]1. The second-order valence-electron chi connectivity index (χ2n) is 3.33. The summed E-state index contributed by atoms with van der Waals surface area (Å²) in [5, 5.41) is 9.30. The van der Waals surface area contributed by atoms with Gasteiger partial charge in [0.2, 0.25) is 0 Å². The molecule has 3 nitrogen and oxygen atoms in total. The summed E-state index contributed by atoms with van der Waals surface area (Å²) >= 11 is 5.69. The van der Waals surface area contributed by atoms with Crippen molar-refractivity contribution >= 4 is 11.6 Å². The molecule has 2 aromatic rings. The maximum atomic E-state index is 13.5. The number of nitrogens with one attached hydrogen (secondary N) is 1. The second-order valence-corrected chi connectivity index (χ2v) is 3.71. The topological polar surface area (TPSA) is 53.1 Å². The molecule has 0 spiro atoms. The van der Waals surface area contributed by atoms with Crippen molar-refractivity contribution in [2.45, 2.75) is 0 Å². The fourth-order valence-electron chi connectivity index (χ4n) is 1.46. The van der Waals surface area contributed by atoms with Crippen molar-refractivity contribution in [2.24, 2.45) is 0 Å². The highest BCUT2D eigenvalue weighted by molar-refractivity contribution is 6.32. The summed E-state index contributed by atoms with van der Waals surface area (Å²) in [5.74, 6) is -1.94. The molecular weight excluding hydrogens is 252 g/mol. The Morgan fingerprint density at radius 3 is 2.59 bits per heavy atom. The van der Waals surface area contributed by atoms with E-state index in [-0.39, 0.29) is 16.3 Å². The number of aromatic amines is 1. The lowest BCUT2D eigenvalue weighted by Crippen LogP contribution is -2.04. The Balaban J connectivity index is 2.77. The monoisotopic (exact) mass is 257 g/mol. The number of pyridine rings is 1. The second kappa shape index (κ2) is 4.18. The van der Waals surface area contributed by atoms with E-state index in [0.29, 0.717) is 0 Å². The Bertz CT molecular complexity index is 614. The number of aromatic hydroxyl groups is 1. The number of rotatable bonds is 1. The molecule has 1 heterocycles. The van der Waals surface area contributed by atoms with E-state index in [9.17, 15) is 18.7 Å². The zero-order valence-corrected chi connectivity index (χ0v) is 9.05. The normalized spacial score (nSPS) is 10.5. The molecule has 0 bridgehead atoms. The number of halogens is 3. The van der Waals surface area contributed by atoms with Crippen LogP contribution in [0, 0.1) is 11.6 Å². The molecule has 6 heteroatoms. The highest BCUT2D eigenvalue weighted by Gasteiger charge is 2.15. The molecule has 0 amide bonds. The Labute approximate surface area is 99.3 Å². The number of benzene rings is 1. The summed E-state index contributed by atoms with van der Waals surface area (Å²) < 4.78 is 26.5. The average Bonchev–Trinajstić information content (AvgIpc) is 2.21. The Kier molecular flexibility index (Phi) is 2.85. The highest BCUT2D eigenvalue weighted by atomic mass is 35.5. The van der Waals surface area contributed by atoms with Crippen LogP contribution in [-0.4, -0.2) is 10.1 Å². The summed E-state index contributed by atoms with van der Waals surface area (Å²) in [5.41, 5.74) is -1.000. The van der Waals surface area contributed by atoms with Crippen LogP contribution in [0.1, 0.15) is 0 Å². The van der Waals surface area contributed by atoms with Crippen molar-refractivity contribution in [3.63, 3.8) is 0 Å². The molecule has 0 saturated heterocycles. The summed E-state index contributed by atoms with van der Waals surface area (Å²) in [6, 6.07) is 3.57. The number of aromatic nitrogens is 1. The van der Waals surface area contributed by atoms with Gasteiger partial charge in [-0.2, -0.15) is 0 Å². The zero-order valence-electron chi connectivity index (χ0n) is 8.30. The van der Waals surface area contributed by atoms with Crippen LogP contribution in [0.15, 0.2) is 29.1 Å². The van der Waals surface area contributed by atoms with Crippen LogP contribution in [0.2, 0.25) is 5.15 Å². The van der Waals surface area contributed by atoms with Crippen molar-refractivity contribution in [3.05, 3.63) is 51.4 Å². The van der Waals surface area contributed by atoms with Gasteiger partial charge in [0, 0.05) is 11.6 Å². The van der Waals surface area contributed by atoms with E-state index in [4.69, 9.17) is 11.6 Å². The van der Waals surface area contributed by atoms with Gasteiger partial charge in [-0.3, -0.25) is 4.79 Å². The maximum Gasteiger partial charge on any atom is 0.252 e. The van der Waals surface area contributed by atoms with Crippen LogP contribution in [-0.2, 0) is 0 Å². The summed E-state index contributed by atoms with van der Waals surface area (Å²) in [6.45, 7) is 0. The molecule has 17 heavy (non-hydrogen) atoms. The first-order valence-electron chi connectivity index (χ1n) is 4.56. The van der Waals surface area contributed by atoms with Gasteiger partial charge in [-0.1, -0.05) is 11.6 Å². The van der Waals surface area contributed by atoms with Crippen LogP contribution in [0.25, 0.3) is 11.1 Å². The first kappa shape index (κ1) is 11.6. The van der Waals surface area contributed by atoms with Gasteiger partial charge in [0.05, 0.1) is 5.56 Å². The molecule has 0 aliphatic rings. The van der Waals surface area contributed by atoms with E-state index >= 15 is 0 Å². The average molecular weight is 258 g/mol. The molecule has 1 aromatic heterocycles. The molecule has 0 fully saturated rings. The first-order valence-corrected chi connectivity index (χ1v) is 4.94. The summed E-state index contributed by atoms with van der Waals surface area (Å²) in [7, 11) is 0. The van der Waals surface area contributed by atoms with E-state index in [1.807, 2.05) is 0 Å². The lowest BCUT2D eigenvalue weighted by atomic mass is 10.1. The van der Waals surface area contributed by atoms with Gasteiger partial charge in [-0.05, 0) is 18.2 Å². The molecule has 0 saturated carbocycles. The van der Waals surface area contributed by atoms with Crippen molar-refractivity contribution in [3.8, 4) is 16.9 Å². The maximum absolute atomic E-state index is 13.5. The van der Waals surface area contributed by atoms with Gasteiger partial charge in [0.15, 0.2) is 0 Å². The molecular formula is C11H6ClF2NO2. The minimum absolute atomic E-state index is 0.150. The van der Waals surface area contributed by atoms with Crippen LogP contribution in [0.5, 0.6) is 5.75 Å².